The van der Waals surface area contributed by atoms with Crippen LogP contribution in [0.2, 0.25) is 0 Å². The highest BCUT2D eigenvalue weighted by Crippen LogP contribution is 2.11. The molecular formula is C11H16N4O2. The summed E-state index contributed by atoms with van der Waals surface area (Å²) in [6, 6.07) is -0.283. The number of carbonyl (C=O) groups excluding carboxylic acids is 2. The predicted octanol–water partition coefficient (Wildman–Crippen LogP) is -0.343. The van der Waals surface area contributed by atoms with Crippen molar-refractivity contribution >= 4 is 11.8 Å². The Kier molecular flexibility index (Phi) is 3.23. The number of hydrogen-bond acceptors (Lipinski definition) is 4. The Hall–Kier alpha value is -1.69. The highest BCUT2D eigenvalue weighted by atomic mass is 16.2. The van der Waals surface area contributed by atoms with Gasteiger partial charge in [0.1, 0.15) is 5.82 Å². The molecule has 2 heterocycles. The van der Waals surface area contributed by atoms with Gasteiger partial charge in [-0.3, -0.25) is 19.8 Å². The third-order valence-electron chi connectivity index (χ3n) is 3.08. The van der Waals surface area contributed by atoms with E-state index in [0.717, 1.165) is 5.82 Å². The van der Waals surface area contributed by atoms with Crippen molar-refractivity contribution in [1.29, 1.82) is 0 Å². The van der Waals surface area contributed by atoms with Crippen LogP contribution in [-0.4, -0.2) is 39.4 Å². The van der Waals surface area contributed by atoms with Crippen LogP contribution in [0.3, 0.4) is 0 Å². The van der Waals surface area contributed by atoms with E-state index in [2.05, 4.69) is 10.3 Å². The fourth-order valence-electron chi connectivity index (χ4n) is 1.89. The molecule has 0 saturated carbocycles. The number of aryl methyl sites for hydroxylation is 1. The zero-order chi connectivity index (χ0) is 12.4. The number of hydrogen-bond donors (Lipinski definition) is 1. The maximum Gasteiger partial charge on any atom is 0.246 e. The molecule has 1 N–H and O–H groups in total. The second-order valence-corrected chi connectivity index (χ2v) is 4.22. The zero-order valence-electron chi connectivity index (χ0n) is 10.0. The Morgan fingerprint density at radius 3 is 2.88 bits per heavy atom. The number of rotatable bonds is 3. The topological polar surface area (TPSA) is 67.2 Å². The van der Waals surface area contributed by atoms with E-state index < -0.39 is 0 Å². The minimum Gasteiger partial charge on any atom is -0.337 e. The highest BCUT2D eigenvalue weighted by molar-refractivity contribution is 6.00. The SMILES string of the molecule is CN1C(=O)CCC(NCc2nccn2C)C1=O. The maximum absolute atomic E-state index is 11.8. The molecule has 2 amide bonds. The number of aromatic nitrogens is 2. The Bertz CT molecular complexity index is 440. The number of imidazole rings is 1. The summed E-state index contributed by atoms with van der Waals surface area (Å²) in [5.74, 6) is 0.609. The fourth-order valence-corrected chi connectivity index (χ4v) is 1.89. The van der Waals surface area contributed by atoms with E-state index in [-0.39, 0.29) is 17.9 Å². The van der Waals surface area contributed by atoms with Crippen LogP contribution in [-0.2, 0) is 23.2 Å². The van der Waals surface area contributed by atoms with Gasteiger partial charge in [0.05, 0.1) is 12.6 Å². The van der Waals surface area contributed by atoms with E-state index in [1.165, 1.54) is 11.9 Å². The van der Waals surface area contributed by atoms with Gasteiger partial charge in [-0.2, -0.15) is 0 Å². The van der Waals surface area contributed by atoms with Crippen molar-refractivity contribution < 1.29 is 9.59 Å². The molecule has 1 aliphatic heterocycles. The molecule has 1 atom stereocenters. The molecule has 2 rings (SSSR count). The molecule has 0 radical (unpaired) electrons. The first-order valence-corrected chi connectivity index (χ1v) is 5.59. The number of likely N-dealkylation sites (tertiary alicyclic amines) is 1. The monoisotopic (exact) mass is 236 g/mol. The molecule has 1 aromatic heterocycles. The summed E-state index contributed by atoms with van der Waals surface area (Å²) >= 11 is 0. The standard InChI is InChI=1S/C11H16N4O2/c1-14-6-5-12-9(14)7-13-8-3-4-10(16)15(2)11(8)17/h5-6,8,13H,3-4,7H2,1-2H3. The lowest BCUT2D eigenvalue weighted by atomic mass is 10.0. The van der Waals surface area contributed by atoms with Crippen LogP contribution in [0.1, 0.15) is 18.7 Å². The summed E-state index contributed by atoms with van der Waals surface area (Å²) in [5, 5.41) is 3.14. The van der Waals surface area contributed by atoms with Crippen LogP contribution < -0.4 is 5.32 Å². The van der Waals surface area contributed by atoms with E-state index in [1.54, 1.807) is 6.20 Å². The quantitative estimate of drug-likeness (QED) is 0.729. The van der Waals surface area contributed by atoms with E-state index in [4.69, 9.17) is 0 Å². The third kappa shape index (κ3) is 2.36. The average Bonchev–Trinajstić information content (AvgIpc) is 2.71. The summed E-state index contributed by atoms with van der Waals surface area (Å²) in [4.78, 5) is 28.5. The Morgan fingerprint density at radius 1 is 1.47 bits per heavy atom. The molecule has 0 spiro atoms. The van der Waals surface area contributed by atoms with E-state index in [0.29, 0.717) is 19.4 Å². The van der Waals surface area contributed by atoms with Gasteiger partial charge in [-0.15, -0.1) is 0 Å². The summed E-state index contributed by atoms with van der Waals surface area (Å²) in [6.07, 6.45) is 4.55. The first-order valence-electron chi connectivity index (χ1n) is 5.59. The van der Waals surface area contributed by atoms with Crippen LogP contribution in [0.5, 0.6) is 0 Å². The van der Waals surface area contributed by atoms with Crippen LogP contribution in [0.15, 0.2) is 12.4 Å². The van der Waals surface area contributed by atoms with Crippen molar-refractivity contribution in [3.8, 4) is 0 Å². The highest BCUT2D eigenvalue weighted by Gasteiger charge is 2.31. The van der Waals surface area contributed by atoms with Gasteiger partial charge in [0.25, 0.3) is 0 Å². The zero-order valence-corrected chi connectivity index (χ0v) is 10.0. The van der Waals surface area contributed by atoms with E-state index >= 15 is 0 Å². The van der Waals surface area contributed by atoms with Crippen LogP contribution in [0.4, 0.5) is 0 Å². The largest absolute Gasteiger partial charge is 0.337 e. The van der Waals surface area contributed by atoms with E-state index in [9.17, 15) is 9.59 Å². The molecule has 1 aliphatic rings. The predicted molar refractivity (Wildman–Crippen MR) is 60.8 cm³/mol. The van der Waals surface area contributed by atoms with Gasteiger partial charge in [-0.25, -0.2) is 4.98 Å². The normalized spacial score (nSPS) is 21.1. The second-order valence-electron chi connectivity index (χ2n) is 4.22. The van der Waals surface area contributed by atoms with Crippen LogP contribution in [0.25, 0.3) is 0 Å². The number of amides is 2. The first kappa shape index (κ1) is 11.8. The molecule has 92 valence electrons. The number of nitrogens with one attached hydrogen (secondary N) is 1. The smallest absolute Gasteiger partial charge is 0.246 e. The Labute approximate surface area is 99.6 Å². The molecule has 1 unspecified atom stereocenters. The number of imide groups is 1. The Morgan fingerprint density at radius 2 is 2.24 bits per heavy atom. The van der Waals surface area contributed by atoms with Crippen molar-refractivity contribution in [3.63, 3.8) is 0 Å². The lowest BCUT2D eigenvalue weighted by Gasteiger charge is -2.28. The summed E-state index contributed by atoms with van der Waals surface area (Å²) in [7, 11) is 3.43. The fraction of sp³-hybridized carbons (Fsp3) is 0.545. The summed E-state index contributed by atoms with van der Waals surface area (Å²) in [5.41, 5.74) is 0. The molecule has 1 saturated heterocycles. The van der Waals surface area contributed by atoms with Crippen LogP contribution in [0, 0.1) is 0 Å². The number of piperidine rings is 1. The average molecular weight is 236 g/mol. The lowest BCUT2D eigenvalue weighted by Crippen LogP contribution is -2.51. The minimum absolute atomic E-state index is 0.106. The molecule has 1 fully saturated rings. The van der Waals surface area contributed by atoms with Crippen molar-refractivity contribution in [1.82, 2.24) is 19.8 Å². The molecule has 0 aliphatic carbocycles. The Balaban J connectivity index is 1.94. The van der Waals surface area contributed by atoms with Crippen molar-refractivity contribution in [2.24, 2.45) is 7.05 Å². The van der Waals surface area contributed by atoms with Crippen molar-refractivity contribution in [3.05, 3.63) is 18.2 Å². The molecule has 0 aromatic carbocycles. The third-order valence-corrected chi connectivity index (χ3v) is 3.08. The van der Waals surface area contributed by atoms with Crippen LogP contribution >= 0.6 is 0 Å². The summed E-state index contributed by atoms with van der Waals surface area (Å²) < 4.78 is 1.90. The molecular weight excluding hydrogens is 220 g/mol. The molecule has 6 nitrogen and oxygen atoms in total. The first-order chi connectivity index (χ1) is 8.09. The van der Waals surface area contributed by atoms with Gasteiger partial charge < -0.3 is 4.57 Å². The van der Waals surface area contributed by atoms with Crippen molar-refractivity contribution in [2.45, 2.75) is 25.4 Å². The molecule has 0 bridgehead atoms. The number of carbonyl (C=O) groups is 2. The minimum atomic E-state index is -0.283. The molecule has 17 heavy (non-hydrogen) atoms. The molecule has 1 aromatic rings. The number of likely N-dealkylation sites (N-methyl/N-ethyl adjacent to an activating group) is 1. The van der Waals surface area contributed by atoms with Gasteiger partial charge in [0, 0.05) is 32.9 Å². The molecule has 6 heteroatoms. The van der Waals surface area contributed by atoms with Gasteiger partial charge in [0.2, 0.25) is 11.8 Å². The van der Waals surface area contributed by atoms with Crippen molar-refractivity contribution in [2.75, 3.05) is 7.05 Å². The van der Waals surface area contributed by atoms with E-state index in [1.807, 2.05) is 17.8 Å². The van der Waals surface area contributed by atoms with Gasteiger partial charge in [-0.1, -0.05) is 0 Å². The maximum atomic E-state index is 11.8. The second kappa shape index (κ2) is 4.67. The van der Waals surface area contributed by atoms with Gasteiger partial charge >= 0.3 is 0 Å². The summed E-state index contributed by atoms with van der Waals surface area (Å²) in [6.45, 7) is 0.530. The number of nitrogens with zero attached hydrogens (tertiary/aromatic N) is 3. The van der Waals surface area contributed by atoms with Gasteiger partial charge in [-0.05, 0) is 6.42 Å². The van der Waals surface area contributed by atoms with Gasteiger partial charge in [0.15, 0.2) is 0 Å². The lowest BCUT2D eigenvalue weighted by molar-refractivity contribution is -0.148.